The molecule has 0 unspecified atom stereocenters. The number of imidazole rings is 1. The van der Waals surface area contributed by atoms with Gasteiger partial charge in [-0.05, 0) is 43.5 Å². The zero-order valence-corrected chi connectivity index (χ0v) is 14.7. The van der Waals surface area contributed by atoms with Crippen LogP contribution >= 0.6 is 11.6 Å². The highest BCUT2D eigenvalue weighted by Crippen LogP contribution is 2.23. The number of fused-ring (bicyclic) bond motifs is 1. The van der Waals surface area contributed by atoms with Crippen LogP contribution in [-0.4, -0.2) is 44.5 Å². The molecule has 1 aromatic carbocycles. The highest BCUT2D eigenvalue weighted by atomic mass is 35.5. The molecular formula is C18H21ClN6. The van der Waals surface area contributed by atoms with Gasteiger partial charge in [0, 0.05) is 18.1 Å². The largest absolute Gasteiger partial charge is 0.368 e. The van der Waals surface area contributed by atoms with Gasteiger partial charge in [0.05, 0.1) is 6.33 Å². The van der Waals surface area contributed by atoms with Crippen LogP contribution in [0.25, 0.3) is 11.2 Å². The van der Waals surface area contributed by atoms with Crippen molar-refractivity contribution in [1.82, 2.24) is 24.8 Å². The Morgan fingerprint density at radius 3 is 2.84 bits per heavy atom. The molecule has 1 aliphatic rings. The van der Waals surface area contributed by atoms with E-state index in [-0.39, 0.29) is 0 Å². The molecule has 4 rings (SSSR count). The van der Waals surface area contributed by atoms with Crippen molar-refractivity contribution >= 4 is 28.6 Å². The Hall–Kier alpha value is -2.18. The molecular weight excluding hydrogens is 336 g/mol. The summed E-state index contributed by atoms with van der Waals surface area (Å²) in [6.07, 6.45) is 5.55. The van der Waals surface area contributed by atoms with Crippen molar-refractivity contribution in [2.24, 2.45) is 5.92 Å². The lowest BCUT2D eigenvalue weighted by Crippen LogP contribution is -2.35. The predicted octanol–water partition coefficient (Wildman–Crippen LogP) is 3.33. The lowest BCUT2D eigenvalue weighted by Gasteiger charge is -2.32. The molecule has 3 heterocycles. The molecule has 3 aromatic rings. The monoisotopic (exact) mass is 356 g/mol. The Bertz CT molecular complexity index is 840. The fraction of sp³-hybridized carbons (Fsp3) is 0.389. The normalized spacial score (nSPS) is 16.4. The van der Waals surface area contributed by atoms with Crippen LogP contribution in [-0.2, 0) is 6.54 Å². The van der Waals surface area contributed by atoms with Gasteiger partial charge in [-0.25, -0.2) is 15.0 Å². The number of hydrogen-bond donors (Lipinski definition) is 2. The molecule has 0 spiro atoms. The molecule has 0 bridgehead atoms. The van der Waals surface area contributed by atoms with Gasteiger partial charge in [0.2, 0.25) is 0 Å². The van der Waals surface area contributed by atoms with E-state index in [4.69, 9.17) is 11.6 Å². The molecule has 0 atom stereocenters. The average molecular weight is 357 g/mol. The smallest absolute Gasteiger partial charge is 0.182 e. The number of anilines is 1. The van der Waals surface area contributed by atoms with Gasteiger partial charge in [-0.1, -0.05) is 29.8 Å². The fourth-order valence-corrected chi connectivity index (χ4v) is 3.55. The number of nitrogens with zero attached hydrogens (tertiary/aromatic N) is 4. The molecule has 0 saturated carbocycles. The Morgan fingerprint density at radius 2 is 2.00 bits per heavy atom. The summed E-state index contributed by atoms with van der Waals surface area (Å²) >= 11 is 6.27. The van der Waals surface area contributed by atoms with Crippen LogP contribution in [0.1, 0.15) is 18.4 Å². The minimum Gasteiger partial charge on any atom is -0.368 e. The van der Waals surface area contributed by atoms with Gasteiger partial charge in [-0.3, -0.25) is 4.90 Å². The van der Waals surface area contributed by atoms with E-state index in [0.717, 1.165) is 42.5 Å². The predicted molar refractivity (Wildman–Crippen MR) is 99.6 cm³/mol. The lowest BCUT2D eigenvalue weighted by atomic mass is 9.96. The van der Waals surface area contributed by atoms with E-state index in [2.05, 4.69) is 42.3 Å². The molecule has 1 aliphatic heterocycles. The first-order valence-corrected chi connectivity index (χ1v) is 9.01. The third-order valence-electron chi connectivity index (χ3n) is 4.84. The van der Waals surface area contributed by atoms with Crippen molar-refractivity contribution in [1.29, 1.82) is 0 Å². The van der Waals surface area contributed by atoms with Crippen LogP contribution in [0.5, 0.6) is 0 Å². The molecule has 7 heteroatoms. The summed E-state index contributed by atoms with van der Waals surface area (Å²) in [5.74, 6) is 1.48. The second-order valence-corrected chi connectivity index (χ2v) is 6.92. The number of halogens is 1. The Labute approximate surface area is 151 Å². The van der Waals surface area contributed by atoms with Crippen molar-refractivity contribution in [3.05, 3.63) is 47.5 Å². The lowest BCUT2D eigenvalue weighted by molar-refractivity contribution is 0.182. The number of rotatable bonds is 5. The van der Waals surface area contributed by atoms with Crippen LogP contribution in [0.4, 0.5) is 5.82 Å². The first-order chi connectivity index (χ1) is 12.3. The average Bonchev–Trinajstić information content (AvgIpc) is 3.12. The van der Waals surface area contributed by atoms with E-state index in [0.29, 0.717) is 11.6 Å². The standard InChI is InChI=1S/C18H21ClN6/c19-15-4-2-1-3-14(15)10-25-7-5-13(6-8-25)9-20-17-16-18(22-11-21-16)24-12-23-17/h1-4,11-13H,5-10H2,(H2,20,21,22,23,24). The zero-order valence-electron chi connectivity index (χ0n) is 14.0. The summed E-state index contributed by atoms with van der Waals surface area (Å²) in [5, 5.41) is 4.31. The highest BCUT2D eigenvalue weighted by molar-refractivity contribution is 6.31. The molecule has 1 fully saturated rings. The Balaban J connectivity index is 1.29. The van der Waals surface area contributed by atoms with Gasteiger partial charge in [0.1, 0.15) is 11.8 Å². The maximum Gasteiger partial charge on any atom is 0.182 e. The number of nitrogens with one attached hydrogen (secondary N) is 2. The van der Waals surface area contributed by atoms with Crippen molar-refractivity contribution < 1.29 is 0 Å². The maximum atomic E-state index is 6.27. The van der Waals surface area contributed by atoms with Crippen molar-refractivity contribution in [3.63, 3.8) is 0 Å². The summed E-state index contributed by atoms with van der Waals surface area (Å²) in [5.41, 5.74) is 2.79. The highest BCUT2D eigenvalue weighted by Gasteiger charge is 2.20. The molecule has 25 heavy (non-hydrogen) atoms. The number of likely N-dealkylation sites (tertiary alicyclic amines) is 1. The summed E-state index contributed by atoms with van der Waals surface area (Å²) in [7, 11) is 0. The molecule has 0 aliphatic carbocycles. The van der Waals surface area contributed by atoms with Crippen LogP contribution < -0.4 is 5.32 Å². The van der Waals surface area contributed by atoms with Crippen molar-refractivity contribution in [2.75, 3.05) is 25.0 Å². The molecule has 0 radical (unpaired) electrons. The summed E-state index contributed by atoms with van der Waals surface area (Å²) in [6.45, 7) is 4.05. The number of aromatic amines is 1. The van der Waals surface area contributed by atoms with Crippen molar-refractivity contribution in [2.45, 2.75) is 19.4 Å². The Kier molecular flexibility index (Phi) is 4.81. The molecule has 2 aromatic heterocycles. The first kappa shape index (κ1) is 16.3. The van der Waals surface area contributed by atoms with Crippen LogP contribution in [0.3, 0.4) is 0 Å². The SMILES string of the molecule is Clc1ccccc1CN1CCC(CNc2ncnc3nc[nH]c23)CC1. The second-order valence-electron chi connectivity index (χ2n) is 6.52. The zero-order chi connectivity index (χ0) is 17.1. The van der Waals surface area contributed by atoms with Gasteiger partial charge in [-0.2, -0.15) is 0 Å². The van der Waals surface area contributed by atoms with Crippen molar-refractivity contribution in [3.8, 4) is 0 Å². The molecule has 2 N–H and O–H groups in total. The topological polar surface area (TPSA) is 69.7 Å². The van der Waals surface area contributed by atoms with Gasteiger partial charge in [0.25, 0.3) is 0 Å². The quantitative estimate of drug-likeness (QED) is 0.733. The molecule has 1 saturated heterocycles. The fourth-order valence-electron chi connectivity index (χ4n) is 3.36. The first-order valence-electron chi connectivity index (χ1n) is 8.63. The number of piperidine rings is 1. The van der Waals surface area contributed by atoms with Gasteiger partial charge in [0.15, 0.2) is 11.5 Å². The summed E-state index contributed by atoms with van der Waals surface area (Å²) in [6, 6.07) is 8.11. The molecule has 0 amide bonds. The van der Waals surface area contributed by atoms with Gasteiger partial charge in [-0.15, -0.1) is 0 Å². The third kappa shape index (κ3) is 3.75. The van der Waals surface area contributed by atoms with Crippen LogP contribution in [0.2, 0.25) is 5.02 Å². The number of hydrogen-bond acceptors (Lipinski definition) is 5. The summed E-state index contributed by atoms with van der Waals surface area (Å²) in [4.78, 5) is 18.2. The third-order valence-corrected chi connectivity index (χ3v) is 5.21. The van der Waals surface area contributed by atoms with E-state index >= 15 is 0 Å². The molecule has 6 nitrogen and oxygen atoms in total. The van der Waals surface area contributed by atoms with E-state index in [1.54, 1.807) is 12.7 Å². The summed E-state index contributed by atoms with van der Waals surface area (Å²) < 4.78 is 0. The van der Waals surface area contributed by atoms with Crippen LogP contribution in [0.15, 0.2) is 36.9 Å². The number of aromatic nitrogens is 4. The van der Waals surface area contributed by atoms with Crippen LogP contribution in [0, 0.1) is 5.92 Å². The van der Waals surface area contributed by atoms with E-state index < -0.39 is 0 Å². The van der Waals surface area contributed by atoms with E-state index in [9.17, 15) is 0 Å². The van der Waals surface area contributed by atoms with Gasteiger partial charge >= 0.3 is 0 Å². The minimum atomic E-state index is 0.649. The second kappa shape index (κ2) is 7.37. The number of benzene rings is 1. The van der Waals surface area contributed by atoms with E-state index in [1.807, 2.05) is 12.1 Å². The number of H-pyrrole nitrogens is 1. The Morgan fingerprint density at radius 1 is 1.16 bits per heavy atom. The van der Waals surface area contributed by atoms with E-state index in [1.165, 1.54) is 18.4 Å². The van der Waals surface area contributed by atoms with Gasteiger partial charge < -0.3 is 10.3 Å². The maximum absolute atomic E-state index is 6.27. The molecule has 130 valence electrons. The minimum absolute atomic E-state index is 0.649.